The zero-order valence-corrected chi connectivity index (χ0v) is 14.3. The van der Waals surface area contributed by atoms with E-state index in [9.17, 15) is 14.9 Å². The molecule has 24 heavy (non-hydrogen) atoms. The predicted octanol–water partition coefficient (Wildman–Crippen LogP) is 3.70. The number of nitriles is 1. The van der Waals surface area contributed by atoms with Gasteiger partial charge < -0.3 is 4.74 Å². The number of nitrogens with zero attached hydrogens (tertiary/aromatic N) is 2. The van der Waals surface area contributed by atoms with Crippen molar-refractivity contribution in [2.45, 2.75) is 12.8 Å². The third-order valence-corrected chi connectivity index (χ3v) is 5.43. The second kappa shape index (κ2) is 6.91. The first-order valence-electron chi connectivity index (χ1n) is 7.08. The lowest BCUT2D eigenvalue weighted by Gasteiger charge is -2.05. The van der Waals surface area contributed by atoms with Crippen molar-refractivity contribution in [3.05, 3.63) is 51.3 Å². The molecule has 2 heterocycles. The number of rotatable bonds is 5. The summed E-state index contributed by atoms with van der Waals surface area (Å²) in [7, 11) is 0. The summed E-state index contributed by atoms with van der Waals surface area (Å²) in [6, 6.07) is 11.3. The maximum atomic E-state index is 12.2. The summed E-state index contributed by atoms with van der Waals surface area (Å²) in [5.41, 5.74) is 0.755. The quantitative estimate of drug-likeness (QED) is 0.651. The molecule has 0 spiro atoms. The van der Waals surface area contributed by atoms with Crippen molar-refractivity contribution >= 4 is 44.5 Å². The van der Waals surface area contributed by atoms with Crippen LogP contribution in [0.5, 0.6) is 0 Å². The van der Waals surface area contributed by atoms with E-state index in [-0.39, 0.29) is 0 Å². The molecule has 0 aliphatic rings. The highest BCUT2D eigenvalue weighted by atomic mass is 32.1. The van der Waals surface area contributed by atoms with Gasteiger partial charge in [-0.25, -0.2) is 9.78 Å². The van der Waals surface area contributed by atoms with Gasteiger partial charge in [-0.15, -0.1) is 22.7 Å². The Bertz CT molecular complexity index is 919. The molecule has 0 unspecified atom stereocenters. The lowest BCUT2D eigenvalue weighted by Crippen LogP contribution is -2.19. The Balaban J connectivity index is 1.67. The number of thiazole rings is 1. The molecule has 0 fully saturated rings. The van der Waals surface area contributed by atoms with Crippen molar-refractivity contribution in [1.29, 1.82) is 5.26 Å². The van der Waals surface area contributed by atoms with Crippen LogP contribution in [0.15, 0.2) is 35.7 Å². The second-order valence-electron chi connectivity index (χ2n) is 5.08. The summed E-state index contributed by atoms with van der Waals surface area (Å²) in [6.45, 7) is 1.35. The van der Waals surface area contributed by atoms with Gasteiger partial charge >= 0.3 is 5.97 Å². The van der Waals surface area contributed by atoms with Gasteiger partial charge in [0, 0.05) is 15.8 Å². The first kappa shape index (κ1) is 16.3. The van der Waals surface area contributed by atoms with E-state index in [1.165, 1.54) is 22.7 Å². The van der Waals surface area contributed by atoms with E-state index < -0.39 is 24.3 Å². The zero-order valence-electron chi connectivity index (χ0n) is 12.7. The van der Waals surface area contributed by atoms with Gasteiger partial charge in [0.1, 0.15) is 9.88 Å². The number of aryl methyl sites for hydroxylation is 1. The molecule has 1 atom stereocenters. The lowest BCUT2D eigenvalue weighted by atomic mass is 10.1. The average molecular weight is 356 g/mol. The smallest absolute Gasteiger partial charge is 0.348 e. The molecule has 7 heteroatoms. The van der Waals surface area contributed by atoms with Crippen LogP contribution in [0.25, 0.3) is 10.1 Å². The SMILES string of the molecule is Cc1csc([C@H](C#N)C(=O)COC(=O)c2cc3ccccc3s2)n1. The Labute approximate surface area is 146 Å². The molecule has 0 bridgehead atoms. The van der Waals surface area contributed by atoms with Crippen LogP contribution in [0.1, 0.15) is 26.3 Å². The number of hydrogen-bond donors (Lipinski definition) is 0. The summed E-state index contributed by atoms with van der Waals surface area (Å²) in [5.74, 6) is -2.03. The number of Topliss-reactive ketones (excluding diaryl/α,β-unsaturated/α-hetero) is 1. The Hall–Kier alpha value is -2.56. The average Bonchev–Trinajstić information content (AvgIpc) is 3.19. The maximum Gasteiger partial charge on any atom is 0.348 e. The van der Waals surface area contributed by atoms with E-state index in [1.54, 1.807) is 18.4 Å². The number of carbonyl (C=O) groups excluding carboxylic acids is 2. The molecule has 0 N–H and O–H groups in total. The molecule has 0 aliphatic carbocycles. The lowest BCUT2D eigenvalue weighted by molar-refractivity contribution is -0.122. The first-order valence-corrected chi connectivity index (χ1v) is 8.78. The van der Waals surface area contributed by atoms with Gasteiger partial charge in [-0.3, -0.25) is 4.79 Å². The van der Waals surface area contributed by atoms with Crippen LogP contribution in [0, 0.1) is 18.3 Å². The van der Waals surface area contributed by atoms with Crippen LogP contribution in [0.3, 0.4) is 0 Å². The Morgan fingerprint density at radius 3 is 2.83 bits per heavy atom. The fourth-order valence-electron chi connectivity index (χ4n) is 2.14. The molecule has 5 nitrogen and oxygen atoms in total. The molecule has 120 valence electrons. The fourth-order valence-corrected chi connectivity index (χ4v) is 3.96. The zero-order chi connectivity index (χ0) is 17.1. The summed E-state index contributed by atoms with van der Waals surface area (Å²) >= 11 is 2.56. The van der Waals surface area contributed by atoms with Gasteiger partial charge in [-0.2, -0.15) is 5.26 Å². The van der Waals surface area contributed by atoms with E-state index in [1.807, 2.05) is 30.3 Å². The maximum absolute atomic E-state index is 12.2. The van der Waals surface area contributed by atoms with Crippen LogP contribution < -0.4 is 0 Å². The van der Waals surface area contributed by atoms with Crippen molar-refractivity contribution in [1.82, 2.24) is 4.98 Å². The van der Waals surface area contributed by atoms with Crippen LogP contribution in [-0.4, -0.2) is 23.3 Å². The molecular formula is C17H12N2O3S2. The van der Waals surface area contributed by atoms with Crippen molar-refractivity contribution in [3.8, 4) is 6.07 Å². The molecule has 0 radical (unpaired) electrons. The molecule has 0 saturated carbocycles. The minimum Gasteiger partial charge on any atom is -0.453 e. The first-order chi connectivity index (χ1) is 11.6. The van der Waals surface area contributed by atoms with Crippen molar-refractivity contribution in [2.75, 3.05) is 6.61 Å². The van der Waals surface area contributed by atoms with E-state index >= 15 is 0 Å². The minimum absolute atomic E-state index is 0.429. The van der Waals surface area contributed by atoms with Crippen LogP contribution >= 0.6 is 22.7 Å². The van der Waals surface area contributed by atoms with Crippen molar-refractivity contribution < 1.29 is 14.3 Å². The summed E-state index contributed by atoms with van der Waals surface area (Å²) in [6.07, 6.45) is 0. The van der Waals surface area contributed by atoms with Crippen LogP contribution in [0.2, 0.25) is 0 Å². The Morgan fingerprint density at radius 1 is 1.38 bits per heavy atom. The van der Waals surface area contributed by atoms with Gasteiger partial charge in [0.25, 0.3) is 0 Å². The number of hydrogen-bond acceptors (Lipinski definition) is 7. The topological polar surface area (TPSA) is 80.0 Å². The molecule has 0 aliphatic heterocycles. The van der Waals surface area contributed by atoms with Gasteiger partial charge in [0.05, 0.1) is 6.07 Å². The molecule has 2 aromatic heterocycles. The summed E-state index contributed by atoms with van der Waals surface area (Å²) < 4.78 is 6.05. The predicted molar refractivity (Wildman–Crippen MR) is 92.3 cm³/mol. The number of carbonyl (C=O) groups is 2. The Morgan fingerprint density at radius 2 is 2.17 bits per heavy atom. The van der Waals surface area contributed by atoms with Crippen LogP contribution in [-0.2, 0) is 9.53 Å². The highest BCUT2D eigenvalue weighted by Crippen LogP contribution is 2.26. The Kier molecular flexibility index (Phi) is 4.69. The number of esters is 1. The molecule has 0 amide bonds. The number of ether oxygens (including phenoxy) is 1. The highest BCUT2D eigenvalue weighted by molar-refractivity contribution is 7.20. The number of benzene rings is 1. The number of aromatic nitrogens is 1. The molecule has 1 aromatic carbocycles. The minimum atomic E-state index is -1.00. The van der Waals surface area contributed by atoms with E-state index in [0.717, 1.165) is 15.8 Å². The third kappa shape index (κ3) is 3.35. The fraction of sp³-hybridized carbons (Fsp3) is 0.176. The molecule has 3 rings (SSSR count). The van der Waals surface area contributed by atoms with Gasteiger partial charge in [0.2, 0.25) is 0 Å². The molecular weight excluding hydrogens is 344 g/mol. The number of fused-ring (bicyclic) bond motifs is 1. The van der Waals surface area contributed by atoms with Crippen LogP contribution in [0.4, 0.5) is 0 Å². The van der Waals surface area contributed by atoms with Crippen molar-refractivity contribution in [3.63, 3.8) is 0 Å². The highest BCUT2D eigenvalue weighted by Gasteiger charge is 2.25. The third-order valence-electron chi connectivity index (χ3n) is 3.31. The van der Waals surface area contributed by atoms with Gasteiger partial charge in [0.15, 0.2) is 18.3 Å². The van der Waals surface area contributed by atoms with E-state index in [2.05, 4.69) is 4.98 Å². The summed E-state index contributed by atoms with van der Waals surface area (Å²) in [5, 5.41) is 12.3. The van der Waals surface area contributed by atoms with Gasteiger partial charge in [-0.05, 0) is 24.4 Å². The number of ketones is 1. The largest absolute Gasteiger partial charge is 0.453 e. The van der Waals surface area contributed by atoms with Crippen molar-refractivity contribution in [2.24, 2.45) is 0 Å². The summed E-state index contributed by atoms with van der Waals surface area (Å²) in [4.78, 5) is 28.9. The normalized spacial score (nSPS) is 11.8. The molecule has 0 saturated heterocycles. The standard InChI is InChI=1S/C17H12N2O3S2/c1-10-9-23-16(19-10)12(7-18)13(20)8-22-17(21)15-6-11-4-2-3-5-14(11)24-15/h2-6,9,12H,8H2,1H3/t12-/m1/s1. The molecule has 3 aromatic rings. The van der Waals surface area contributed by atoms with E-state index in [4.69, 9.17) is 4.74 Å². The number of thiophene rings is 1. The monoisotopic (exact) mass is 356 g/mol. The van der Waals surface area contributed by atoms with E-state index in [0.29, 0.717) is 9.88 Å². The second-order valence-corrected chi connectivity index (χ2v) is 7.05. The van der Waals surface area contributed by atoms with Gasteiger partial charge in [-0.1, -0.05) is 18.2 Å².